The van der Waals surface area contributed by atoms with E-state index in [0.717, 1.165) is 62.1 Å². The molecular formula is C26H32FN3O. The second-order valence-corrected chi connectivity index (χ2v) is 10.5. The Labute approximate surface area is 183 Å². The molecule has 6 rings (SSSR count). The van der Waals surface area contributed by atoms with E-state index >= 15 is 0 Å². The van der Waals surface area contributed by atoms with Crippen LogP contribution in [0.25, 0.3) is 0 Å². The number of nitrogens with zero attached hydrogens (tertiary/aromatic N) is 3. The van der Waals surface area contributed by atoms with Crippen molar-refractivity contribution < 1.29 is 4.39 Å². The lowest BCUT2D eigenvalue weighted by atomic mass is 9.82. The fraction of sp³-hybridized carbons (Fsp3) is 0.577. The van der Waals surface area contributed by atoms with E-state index in [-0.39, 0.29) is 11.4 Å². The third kappa shape index (κ3) is 3.76. The monoisotopic (exact) mass is 421 g/mol. The van der Waals surface area contributed by atoms with Crippen LogP contribution in [0, 0.1) is 23.6 Å². The summed E-state index contributed by atoms with van der Waals surface area (Å²) in [5.41, 5.74) is 3.44. The van der Waals surface area contributed by atoms with Crippen molar-refractivity contribution in [1.29, 1.82) is 0 Å². The van der Waals surface area contributed by atoms with Gasteiger partial charge in [-0.1, -0.05) is 24.6 Å². The number of halogens is 1. The molecule has 1 aromatic heterocycles. The molecule has 4 aliphatic rings. The number of benzene rings is 1. The number of pyridine rings is 1. The molecule has 31 heavy (non-hydrogen) atoms. The van der Waals surface area contributed by atoms with E-state index in [9.17, 15) is 9.18 Å². The number of likely N-dealkylation sites (tertiary alicyclic amines) is 2. The van der Waals surface area contributed by atoms with Crippen LogP contribution < -0.4 is 5.56 Å². The summed E-state index contributed by atoms with van der Waals surface area (Å²) in [5.74, 6) is 2.46. The van der Waals surface area contributed by atoms with Crippen molar-refractivity contribution in [3.05, 3.63) is 69.4 Å². The zero-order valence-electron chi connectivity index (χ0n) is 18.2. The predicted octanol–water partition coefficient (Wildman–Crippen LogP) is 3.84. The van der Waals surface area contributed by atoms with Crippen LogP contribution in [0.1, 0.15) is 48.4 Å². The number of hydrogen-bond acceptors (Lipinski definition) is 3. The zero-order chi connectivity index (χ0) is 20.9. The third-order valence-electron chi connectivity index (χ3n) is 8.25. The number of hydrogen-bond donors (Lipinski definition) is 0. The van der Waals surface area contributed by atoms with Gasteiger partial charge in [-0.05, 0) is 60.8 Å². The Morgan fingerprint density at radius 3 is 2.52 bits per heavy atom. The molecule has 0 N–H and O–H groups in total. The molecule has 3 aliphatic heterocycles. The van der Waals surface area contributed by atoms with E-state index in [4.69, 9.17) is 0 Å². The lowest BCUT2D eigenvalue weighted by Gasteiger charge is -2.43. The van der Waals surface area contributed by atoms with Gasteiger partial charge >= 0.3 is 0 Å². The maximum absolute atomic E-state index is 13.6. The molecule has 4 nitrogen and oxygen atoms in total. The molecule has 1 saturated carbocycles. The Hall–Kier alpha value is -1.98. The second kappa shape index (κ2) is 7.86. The van der Waals surface area contributed by atoms with Crippen molar-refractivity contribution >= 4 is 0 Å². The van der Waals surface area contributed by atoms with Gasteiger partial charge in [0.1, 0.15) is 5.82 Å². The standard InChI is InChI=1S/C26H32FN3O/c27-24-6-1-3-18(10-24)11-28-12-19-9-23(17-28)25-8-7-22(26(31)30(25)13-19)16-29-14-20-4-2-5-21(20)15-29/h1,3,6-8,10,19-21,23H,2,4-5,9,11-17H2/t19-,20-,21+,23+/m0/s1. The summed E-state index contributed by atoms with van der Waals surface area (Å²) in [6.07, 6.45) is 5.30. The first kappa shape index (κ1) is 19.7. The van der Waals surface area contributed by atoms with Crippen molar-refractivity contribution in [3.8, 4) is 0 Å². The van der Waals surface area contributed by atoms with Crippen molar-refractivity contribution in [1.82, 2.24) is 14.4 Å². The average molecular weight is 422 g/mol. The first-order valence-corrected chi connectivity index (χ1v) is 12.0. The molecule has 5 heteroatoms. The minimum absolute atomic E-state index is 0.166. The smallest absolute Gasteiger partial charge is 0.255 e. The van der Waals surface area contributed by atoms with Crippen molar-refractivity contribution in [3.63, 3.8) is 0 Å². The Bertz CT molecular complexity index is 1020. The van der Waals surface area contributed by atoms with Gasteiger partial charge in [-0.3, -0.25) is 14.6 Å². The molecule has 0 unspecified atom stereocenters. The molecule has 4 heterocycles. The minimum Gasteiger partial charge on any atom is -0.312 e. The maximum Gasteiger partial charge on any atom is 0.255 e. The Kier molecular flexibility index (Phi) is 4.99. The van der Waals surface area contributed by atoms with Gasteiger partial charge in [0, 0.05) is 63.0 Å². The zero-order valence-corrected chi connectivity index (χ0v) is 18.2. The highest BCUT2D eigenvalue weighted by Gasteiger charge is 2.37. The first-order valence-electron chi connectivity index (χ1n) is 12.0. The van der Waals surface area contributed by atoms with E-state index in [0.29, 0.717) is 11.8 Å². The molecule has 0 radical (unpaired) electrons. The van der Waals surface area contributed by atoms with Crippen LogP contribution in [0.15, 0.2) is 41.2 Å². The topological polar surface area (TPSA) is 28.5 Å². The van der Waals surface area contributed by atoms with Crippen LogP contribution in [-0.2, 0) is 19.6 Å². The lowest BCUT2D eigenvalue weighted by molar-refractivity contribution is 0.114. The summed E-state index contributed by atoms with van der Waals surface area (Å²) in [4.78, 5) is 18.3. The van der Waals surface area contributed by atoms with Gasteiger partial charge in [-0.25, -0.2) is 4.39 Å². The molecule has 4 atom stereocenters. The summed E-state index contributed by atoms with van der Waals surface area (Å²) < 4.78 is 15.7. The number of rotatable bonds is 4. The molecule has 1 aromatic carbocycles. The normalized spacial score (nSPS) is 30.4. The molecule has 2 bridgehead atoms. The van der Waals surface area contributed by atoms with Gasteiger partial charge in [0.2, 0.25) is 0 Å². The number of piperidine rings is 1. The Morgan fingerprint density at radius 2 is 1.71 bits per heavy atom. The van der Waals surface area contributed by atoms with Gasteiger partial charge in [-0.2, -0.15) is 0 Å². The Balaban J connectivity index is 1.18. The summed E-state index contributed by atoms with van der Waals surface area (Å²) in [5, 5.41) is 0. The van der Waals surface area contributed by atoms with Gasteiger partial charge in [0.05, 0.1) is 0 Å². The summed E-state index contributed by atoms with van der Waals surface area (Å²) in [6, 6.07) is 11.3. The van der Waals surface area contributed by atoms with Crippen LogP contribution >= 0.6 is 0 Å². The highest BCUT2D eigenvalue weighted by Crippen LogP contribution is 2.39. The fourth-order valence-electron chi connectivity index (χ4n) is 6.94. The third-order valence-corrected chi connectivity index (χ3v) is 8.25. The molecule has 3 fully saturated rings. The highest BCUT2D eigenvalue weighted by atomic mass is 19.1. The molecule has 2 aromatic rings. The summed E-state index contributed by atoms with van der Waals surface area (Å²) in [7, 11) is 0. The van der Waals surface area contributed by atoms with Crippen molar-refractivity contribution in [2.24, 2.45) is 17.8 Å². The maximum atomic E-state index is 13.6. The van der Waals surface area contributed by atoms with E-state index in [1.165, 1.54) is 44.1 Å². The number of fused-ring (bicyclic) bond motifs is 5. The molecular weight excluding hydrogens is 389 g/mol. The SMILES string of the molecule is O=c1c(CN2C[C@H]3CCC[C@H]3C2)ccc2n1C[C@H]1C[C@@H]2CN(Cc2cccc(F)c2)C1. The largest absolute Gasteiger partial charge is 0.312 e. The van der Waals surface area contributed by atoms with Crippen LogP contribution in [0.3, 0.4) is 0 Å². The molecule has 164 valence electrons. The van der Waals surface area contributed by atoms with Crippen LogP contribution in [0.5, 0.6) is 0 Å². The predicted molar refractivity (Wildman–Crippen MR) is 119 cm³/mol. The van der Waals surface area contributed by atoms with Crippen molar-refractivity contribution in [2.45, 2.75) is 51.2 Å². The van der Waals surface area contributed by atoms with Gasteiger partial charge < -0.3 is 4.57 Å². The van der Waals surface area contributed by atoms with Crippen molar-refractivity contribution in [2.75, 3.05) is 26.2 Å². The average Bonchev–Trinajstić information content (AvgIpc) is 3.32. The first-order chi connectivity index (χ1) is 15.1. The van der Waals surface area contributed by atoms with Gasteiger partial charge in [-0.15, -0.1) is 0 Å². The molecule has 0 amide bonds. The number of aromatic nitrogens is 1. The molecule has 0 spiro atoms. The van der Waals surface area contributed by atoms with Gasteiger partial charge in [0.25, 0.3) is 5.56 Å². The van der Waals surface area contributed by atoms with Gasteiger partial charge in [0.15, 0.2) is 0 Å². The van der Waals surface area contributed by atoms with E-state index in [1.807, 2.05) is 6.07 Å². The van der Waals surface area contributed by atoms with Crippen LogP contribution in [-0.4, -0.2) is 40.5 Å². The van der Waals surface area contributed by atoms with Crippen LogP contribution in [0.2, 0.25) is 0 Å². The second-order valence-electron chi connectivity index (χ2n) is 10.5. The summed E-state index contributed by atoms with van der Waals surface area (Å²) >= 11 is 0. The summed E-state index contributed by atoms with van der Waals surface area (Å²) in [6.45, 7) is 6.69. The van der Waals surface area contributed by atoms with Crippen LogP contribution in [0.4, 0.5) is 4.39 Å². The highest BCUT2D eigenvalue weighted by molar-refractivity contribution is 5.23. The fourth-order valence-corrected chi connectivity index (χ4v) is 6.94. The molecule has 2 saturated heterocycles. The lowest BCUT2D eigenvalue weighted by Crippen LogP contribution is -2.47. The molecule has 1 aliphatic carbocycles. The van der Waals surface area contributed by atoms with E-state index < -0.39 is 0 Å². The van der Waals surface area contributed by atoms with E-state index in [1.54, 1.807) is 12.1 Å². The Morgan fingerprint density at radius 1 is 0.903 bits per heavy atom. The quantitative estimate of drug-likeness (QED) is 0.751. The minimum atomic E-state index is -0.166. The van der Waals surface area contributed by atoms with E-state index in [2.05, 4.69) is 26.5 Å².